The SMILES string of the molecule is CCC(N)c1nc(C2(OC)CCCCC2)no1. The highest BCUT2D eigenvalue weighted by molar-refractivity contribution is 5.04. The zero-order valence-electron chi connectivity index (χ0n) is 10.6. The van der Waals surface area contributed by atoms with Gasteiger partial charge in [0.05, 0.1) is 6.04 Å². The van der Waals surface area contributed by atoms with Crippen LogP contribution in [0.5, 0.6) is 0 Å². The molecule has 0 aliphatic heterocycles. The molecule has 2 rings (SSSR count). The maximum absolute atomic E-state index is 5.88. The minimum Gasteiger partial charge on any atom is -0.370 e. The van der Waals surface area contributed by atoms with E-state index in [4.69, 9.17) is 15.0 Å². The first-order valence-corrected chi connectivity index (χ1v) is 6.36. The van der Waals surface area contributed by atoms with Gasteiger partial charge in [-0.25, -0.2) is 0 Å². The first-order valence-electron chi connectivity index (χ1n) is 6.36. The van der Waals surface area contributed by atoms with Crippen LogP contribution in [0, 0.1) is 0 Å². The Labute approximate surface area is 102 Å². The third-order valence-corrected chi connectivity index (χ3v) is 3.66. The summed E-state index contributed by atoms with van der Waals surface area (Å²) in [5.41, 5.74) is 5.53. The minimum absolute atomic E-state index is 0.172. The Bertz CT molecular complexity index is 358. The van der Waals surface area contributed by atoms with Crippen molar-refractivity contribution >= 4 is 0 Å². The fourth-order valence-corrected chi connectivity index (χ4v) is 2.39. The number of methoxy groups -OCH3 is 1. The summed E-state index contributed by atoms with van der Waals surface area (Å²) in [7, 11) is 1.72. The van der Waals surface area contributed by atoms with Crippen LogP contribution in [0.3, 0.4) is 0 Å². The van der Waals surface area contributed by atoms with Crippen LogP contribution in [0.25, 0.3) is 0 Å². The van der Waals surface area contributed by atoms with Gasteiger partial charge in [0.1, 0.15) is 5.60 Å². The van der Waals surface area contributed by atoms with E-state index in [-0.39, 0.29) is 11.6 Å². The second-order valence-electron chi connectivity index (χ2n) is 4.73. The number of rotatable bonds is 4. The number of hydrogen-bond donors (Lipinski definition) is 1. The Morgan fingerprint density at radius 3 is 2.71 bits per heavy atom. The topological polar surface area (TPSA) is 74.2 Å². The van der Waals surface area contributed by atoms with Crippen molar-refractivity contribution in [2.75, 3.05) is 7.11 Å². The van der Waals surface area contributed by atoms with Gasteiger partial charge >= 0.3 is 0 Å². The average molecular weight is 239 g/mol. The molecule has 0 spiro atoms. The Hall–Kier alpha value is -0.940. The number of nitrogens with two attached hydrogens (primary N) is 1. The molecule has 0 amide bonds. The molecule has 17 heavy (non-hydrogen) atoms. The molecule has 5 nitrogen and oxygen atoms in total. The van der Waals surface area contributed by atoms with Gasteiger partial charge in [-0.1, -0.05) is 31.3 Å². The van der Waals surface area contributed by atoms with Gasteiger partial charge in [0, 0.05) is 7.11 Å². The van der Waals surface area contributed by atoms with E-state index >= 15 is 0 Å². The second kappa shape index (κ2) is 5.14. The molecule has 0 aromatic carbocycles. The smallest absolute Gasteiger partial charge is 0.243 e. The summed E-state index contributed by atoms with van der Waals surface area (Å²) in [6.07, 6.45) is 6.27. The molecule has 1 unspecified atom stereocenters. The van der Waals surface area contributed by atoms with E-state index in [1.165, 1.54) is 6.42 Å². The zero-order valence-corrected chi connectivity index (χ0v) is 10.6. The molecule has 1 aromatic rings. The number of aromatic nitrogens is 2. The molecular weight excluding hydrogens is 218 g/mol. The van der Waals surface area contributed by atoms with E-state index in [0.717, 1.165) is 32.1 Å². The molecule has 1 aliphatic rings. The molecule has 0 bridgehead atoms. The maximum atomic E-state index is 5.88. The predicted molar refractivity (Wildman–Crippen MR) is 63.3 cm³/mol. The van der Waals surface area contributed by atoms with Crippen molar-refractivity contribution in [1.82, 2.24) is 10.1 Å². The lowest BCUT2D eigenvalue weighted by molar-refractivity contribution is -0.0527. The molecule has 1 saturated carbocycles. The summed E-state index contributed by atoms with van der Waals surface area (Å²) in [6.45, 7) is 2.00. The molecule has 1 atom stereocenters. The van der Waals surface area contributed by atoms with Crippen LogP contribution in [0.4, 0.5) is 0 Å². The van der Waals surface area contributed by atoms with Gasteiger partial charge in [-0.2, -0.15) is 4.98 Å². The van der Waals surface area contributed by atoms with Crippen molar-refractivity contribution in [1.29, 1.82) is 0 Å². The van der Waals surface area contributed by atoms with E-state index in [0.29, 0.717) is 11.7 Å². The summed E-state index contributed by atoms with van der Waals surface area (Å²) in [6, 6.07) is -0.172. The molecule has 0 radical (unpaired) electrons. The number of nitrogens with zero attached hydrogens (tertiary/aromatic N) is 2. The van der Waals surface area contributed by atoms with E-state index in [9.17, 15) is 0 Å². The van der Waals surface area contributed by atoms with Crippen molar-refractivity contribution in [2.24, 2.45) is 5.73 Å². The first-order chi connectivity index (χ1) is 8.22. The lowest BCUT2D eigenvalue weighted by Gasteiger charge is -2.32. The highest BCUT2D eigenvalue weighted by Gasteiger charge is 2.38. The van der Waals surface area contributed by atoms with Crippen LogP contribution in [0.2, 0.25) is 0 Å². The van der Waals surface area contributed by atoms with Gasteiger partial charge in [-0.15, -0.1) is 0 Å². The molecule has 1 fully saturated rings. The summed E-state index contributed by atoms with van der Waals surface area (Å²) in [4.78, 5) is 4.42. The van der Waals surface area contributed by atoms with Crippen LogP contribution < -0.4 is 5.73 Å². The Balaban J connectivity index is 2.22. The summed E-state index contributed by atoms with van der Waals surface area (Å²) in [5, 5.41) is 4.06. The lowest BCUT2D eigenvalue weighted by atomic mass is 9.84. The maximum Gasteiger partial charge on any atom is 0.243 e. The van der Waals surface area contributed by atoms with Crippen molar-refractivity contribution in [3.8, 4) is 0 Å². The molecule has 5 heteroatoms. The molecule has 1 aromatic heterocycles. The van der Waals surface area contributed by atoms with Crippen molar-refractivity contribution in [2.45, 2.75) is 57.1 Å². The van der Waals surface area contributed by atoms with E-state index in [1.54, 1.807) is 7.11 Å². The normalized spacial score (nSPS) is 21.4. The van der Waals surface area contributed by atoms with Gasteiger partial charge in [0.2, 0.25) is 11.7 Å². The fourth-order valence-electron chi connectivity index (χ4n) is 2.39. The molecule has 1 aliphatic carbocycles. The number of ether oxygens (including phenoxy) is 1. The molecule has 96 valence electrons. The predicted octanol–water partition coefficient (Wildman–Crippen LogP) is 2.29. The van der Waals surface area contributed by atoms with Crippen LogP contribution in [-0.2, 0) is 10.3 Å². The summed E-state index contributed by atoms with van der Waals surface area (Å²) >= 11 is 0. The van der Waals surface area contributed by atoms with E-state index < -0.39 is 0 Å². The van der Waals surface area contributed by atoms with Gasteiger partial charge < -0.3 is 15.0 Å². The van der Waals surface area contributed by atoms with Crippen molar-refractivity contribution < 1.29 is 9.26 Å². The standard InChI is InChI=1S/C12H21N3O2/c1-3-9(13)10-14-11(15-17-10)12(16-2)7-5-4-6-8-12/h9H,3-8,13H2,1-2H3. The molecule has 2 N–H and O–H groups in total. The largest absolute Gasteiger partial charge is 0.370 e. The fraction of sp³-hybridized carbons (Fsp3) is 0.833. The van der Waals surface area contributed by atoms with Crippen molar-refractivity contribution in [3.63, 3.8) is 0 Å². The second-order valence-corrected chi connectivity index (χ2v) is 4.73. The molecular formula is C12H21N3O2. The Kier molecular flexibility index (Phi) is 3.79. The van der Waals surface area contributed by atoms with Crippen LogP contribution in [0.15, 0.2) is 4.52 Å². The summed E-state index contributed by atoms with van der Waals surface area (Å²) in [5.74, 6) is 1.18. The summed E-state index contributed by atoms with van der Waals surface area (Å²) < 4.78 is 10.9. The lowest BCUT2D eigenvalue weighted by Crippen LogP contribution is -2.32. The van der Waals surface area contributed by atoms with E-state index in [2.05, 4.69) is 10.1 Å². The quantitative estimate of drug-likeness (QED) is 0.872. The minimum atomic E-state index is -0.354. The highest BCUT2D eigenvalue weighted by atomic mass is 16.5. The third-order valence-electron chi connectivity index (χ3n) is 3.66. The van der Waals surface area contributed by atoms with Gasteiger partial charge in [-0.3, -0.25) is 0 Å². The van der Waals surface area contributed by atoms with Gasteiger partial charge in [-0.05, 0) is 19.3 Å². The monoisotopic (exact) mass is 239 g/mol. The van der Waals surface area contributed by atoms with E-state index in [1.807, 2.05) is 6.92 Å². The Morgan fingerprint density at radius 2 is 2.12 bits per heavy atom. The van der Waals surface area contributed by atoms with Crippen molar-refractivity contribution in [3.05, 3.63) is 11.7 Å². The Morgan fingerprint density at radius 1 is 1.41 bits per heavy atom. The number of hydrogen-bond acceptors (Lipinski definition) is 5. The van der Waals surface area contributed by atoms with Gasteiger partial charge in [0.15, 0.2) is 0 Å². The highest BCUT2D eigenvalue weighted by Crippen LogP contribution is 2.38. The first kappa shape index (κ1) is 12.5. The average Bonchev–Trinajstić information content (AvgIpc) is 2.88. The zero-order chi connectivity index (χ0) is 12.3. The van der Waals surface area contributed by atoms with Gasteiger partial charge in [0.25, 0.3) is 0 Å². The third kappa shape index (κ3) is 2.35. The molecule has 0 saturated heterocycles. The van der Waals surface area contributed by atoms with Crippen LogP contribution >= 0.6 is 0 Å². The van der Waals surface area contributed by atoms with Crippen LogP contribution in [0.1, 0.15) is 63.2 Å². The molecule has 1 heterocycles. The van der Waals surface area contributed by atoms with Crippen LogP contribution in [-0.4, -0.2) is 17.3 Å².